The fourth-order valence-corrected chi connectivity index (χ4v) is 4.48. The number of thiophene rings is 1. The molecule has 1 fully saturated rings. The van der Waals surface area contributed by atoms with Crippen LogP contribution in [0.3, 0.4) is 0 Å². The van der Waals surface area contributed by atoms with Gasteiger partial charge in [0.15, 0.2) is 5.82 Å². The predicted octanol–water partition coefficient (Wildman–Crippen LogP) is 2.35. The molecule has 1 aliphatic heterocycles. The van der Waals surface area contributed by atoms with E-state index in [2.05, 4.69) is 25.2 Å². The van der Waals surface area contributed by atoms with E-state index in [1.54, 1.807) is 12.4 Å². The highest BCUT2D eigenvalue weighted by atomic mass is 32.1. The molecule has 5 rings (SSSR count). The maximum Gasteiger partial charge on any atom is 0.252 e. The summed E-state index contributed by atoms with van der Waals surface area (Å²) >= 11 is 1.44. The quantitative estimate of drug-likeness (QED) is 0.480. The summed E-state index contributed by atoms with van der Waals surface area (Å²) in [5.74, 6) is 1.16. The highest BCUT2D eigenvalue weighted by Gasteiger charge is 2.24. The largest absolute Gasteiger partial charge is 0.378 e. The van der Waals surface area contributed by atoms with Crippen molar-refractivity contribution in [2.24, 2.45) is 0 Å². The molecule has 0 aliphatic carbocycles. The van der Waals surface area contributed by atoms with Crippen LogP contribution in [0.25, 0.3) is 21.7 Å². The van der Waals surface area contributed by atoms with E-state index in [9.17, 15) is 4.79 Å². The predicted molar refractivity (Wildman–Crippen MR) is 122 cm³/mol. The number of carbonyl (C=O) groups excluding carboxylic acids is 1. The number of ether oxygens (including phenoxy) is 1. The van der Waals surface area contributed by atoms with Crippen molar-refractivity contribution in [1.82, 2.24) is 30.2 Å². The van der Waals surface area contributed by atoms with E-state index in [-0.39, 0.29) is 5.91 Å². The molecule has 0 atom stereocenters. The molecule has 4 aromatic heterocycles. The smallest absolute Gasteiger partial charge is 0.252 e. The van der Waals surface area contributed by atoms with Gasteiger partial charge in [-0.25, -0.2) is 19.9 Å². The SMILES string of the molecule is O=C(NCCc1ccncn1)c1csc2nc(-c3ccccn3)nc(N3CCOCC3)c12. The van der Waals surface area contributed by atoms with Gasteiger partial charge in [0.2, 0.25) is 0 Å². The van der Waals surface area contributed by atoms with Crippen molar-refractivity contribution in [3.63, 3.8) is 0 Å². The fraction of sp³-hybridized carbons (Fsp3) is 0.273. The van der Waals surface area contributed by atoms with E-state index in [4.69, 9.17) is 14.7 Å². The van der Waals surface area contributed by atoms with Crippen molar-refractivity contribution < 1.29 is 9.53 Å². The number of rotatable bonds is 6. The molecule has 162 valence electrons. The van der Waals surface area contributed by atoms with Crippen molar-refractivity contribution in [2.45, 2.75) is 6.42 Å². The first-order valence-corrected chi connectivity index (χ1v) is 11.2. The van der Waals surface area contributed by atoms with E-state index < -0.39 is 0 Å². The topological polar surface area (TPSA) is 106 Å². The summed E-state index contributed by atoms with van der Waals surface area (Å²) in [6, 6.07) is 7.50. The Morgan fingerprint density at radius 2 is 2.03 bits per heavy atom. The number of anilines is 1. The van der Waals surface area contributed by atoms with Crippen LogP contribution in [0.5, 0.6) is 0 Å². The standard InChI is InChI=1S/C22H21N7O2S/c30-21(25-8-5-15-4-7-23-14-26-15)16-13-32-22-18(16)20(29-9-11-31-12-10-29)27-19(28-22)17-3-1-2-6-24-17/h1-4,6-7,13-14H,5,8-12H2,(H,25,30). The molecular weight excluding hydrogens is 426 g/mol. The van der Waals surface area contributed by atoms with E-state index in [0.29, 0.717) is 56.4 Å². The molecule has 1 amide bonds. The third-order valence-corrected chi connectivity index (χ3v) is 6.05. The third kappa shape index (κ3) is 4.27. The molecule has 10 heteroatoms. The van der Waals surface area contributed by atoms with Gasteiger partial charge in [-0.05, 0) is 18.2 Å². The molecule has 1 N–H and O–H groups in total. The van der Waals surface area contributed by atoms with Crippen molar-refractivity contribution in [1.29, 1.82) is 0 Å². The Labute approximate surface area is 188 Å². The first kappa shape index (κ1) is 20.4. The average molecular weight is 448 g/mol. The van der Waals surface area contributed by atoms with Gasteiger partial charge in [0, 0.05) is 49.5 Å². The number of aromatic nitrogens is 5. The van der Waals surface area contributed by atoms with Crippen LogP contribution in [0.4, 0.5) is 5.82 Å². The van der Waals surface area contributed by atoms with Crippen LogP contribution in [0.1, 0.15) is 16.1 Å². The normalized spacial score (nSPS) is 13.9. The third-order valence-electron chi connectivity index (χ3n) is 5.17. The number of morpholine rings is 1. The van der Waals surface area contributed by atoms with Gasteiger partial charge in [-0.1, -0.05) is 6.07 Å². The second-order valence-corrected chi connectivity index (χ2v) is 8.08. The Kier molecular flexibility index (Phi) is 5.95. The minimum absolute atomic E-state index is 0.144. The Bertz CT molecular complexity index is 1210. The van der Waals surface area contributed by atoms with Gasteiger partial charge in [-0.2, -0.15) is 0 Å². The summed E-state index contributed by atoms with van der Waals surface area (Å²) in [5.41, 5.74) is 2.17. The molecule has 32 heavy (non-hydrogen) atoms. The van der Waals surface area contributed by atoms with Gasteiger partial charge in [0.05, 0.1) is 24.2 Å². The Balaban J connectivity index is 1.47. The van der Waals surface area contributed by atoms with Crippen LogP contribution in [0.2, 0.25) is 0 Å². The zero-order valence-electron chi connectivity index (χ0n) is 17.3. The van der Waals surface area contributed by atoms with Crippen LogP contribution >= 0.6 is 11.3 Å². The van der Waals surface area contributed by atoms with Crippen molar-refractivity contribution in [2.75, 3.05) is 37.7 Å². The van der Waals surface area contributed by atoms with Gasteiger partial charge in [-0.3, -0.25) is 9.78 Å². The monoisotopic (exact) mass is 447 g/mol. The van der Waals surface area contributed by atoms with Crippen molar-refractivity contribution in [3.05, 3.63) is 59.6 Å². The molecule has 0 spiro atoms. The number of pyridine rings is 1. The summed E-state index contributed by atoms with van der Waals surface area (Å²) in [4.78, 5) is 38.1. The number of carbonyl (C=O) groups is 1. The summed E-state index contributed by atoms with van der Waals surface area (Å²) in [5, 5.41) is 5.63. The van der Waals surface area contributed by atoms with E-state index >= 15 is 0 Å². The minimum atomic E-state index is -0.144. The van der Waals surface area contributed by atoms with Gasteiger partial charge in [0.25, 0.3) is 5.91 Å². The summed E-state index contributed by atoms with van der Waals surface area (Å²) < 4.78 is 5.52. The average Bonchev–Trinajstić information content (AvgIpc) is 3.29. The number of amides is 1. The maximum atomic E-state index is 13.1. The molecular formula is C22H21N7O2S. The lowest BCUT2D eigenvalue weighted by atomic mass is 10.2. The molecule has 4 aromatic rings. The molecule has 9 nitrogen and oxygen atoms in total. The van der Waals surface area contributed by atoms with Crippen molar-refractivity contribution >= 4 is 33.3 Å². The summed E-state index contributed by atoms with van der Waals surface area (Å²) in [6.45, 7) is 3.13. The Morgan fingerprint density at radius 1 is 1.12 bits per heavy atom. The Morgan fingerprint density at radius 3 is 2.81 bits per heavy atom. The van der Waals surface area contributed by atoms with Crippen molar-refractivity contribution in [3.8, 4) is 11.5 Å². The highest BCUT2D eigenvalue weighted by molar-refractivity contribution is 7.17. The molecule has 0 aromatic carbocycles. The summed E-state index contributed by atoms with van der Waals surface area (Å²) in [7, 11) is 0. The fourth-order valence-electron chi connectivity index (χ4n) is 3.57. The number of fused-ring (bicyclic) bond motifs is 1. The first-order chi connectivity index (χ1) is 15.8. The number of nitrogens with zero attached hydrogens (tertiary/aromatic N) is 6. The summed E-state index contributed by atoms with van der Waals surface area (Å²) in [6.07, 6.45) is 5.56. The molecule has 0 unspecified atom stereocenters. The Hall–Kier alpha value is -3.50. The molecule has 1 saturated heterocycles. The second-order valence-electron chi connectivity index (χ2n) is 7.22. The van der Waals surface area contributed by atoms with E-state index in [0.717, 1.165) is 21.7 Å². The van der Waals surface area contributed by atoms with E-state index in [1.165, 1.54) is 17.7 Å². The molecule has 1 aliphatic rings. The minimum Gasteiger partial charge on any atom is -0.378 e. The molecule has 0 saturated carbocycles. The number of hydrogen-bond donors (Lipinski definition) is 1. The van der Waals surface area contributed by atoms with Crippen LogP contribution in [-0.2, 0) is 11.2 Å². The molecule has 0 radical (unpaired) electrons. The molecule has 0 bridgehead atoms. The zero-order valence-corrected chi connectivity index (χ0v) is 18.1. The van der Waals surface area contributed by atoms with E-state index in [1.807, 2.05) is 29.6 Å². The second kappa shape index (κ2) is 9.33. The lowest BCUT2D eigenvalue weighted by Gasteiger charge is -2.28. The van der Waals surface area contributed by atoms with Crippen LogP contribution < -0.4 is 10.2 Å². The molecule has 5 heterocycles. The maximum absolute atomic E-state index is 13.1. The van der Waals surface area contributed by atoms with Crippen LogP contribution in [-0.4, -0.2) is 63.7 Å². The zero-order chi connectivity index (χ0) is 21.8. The lowest BCUT2D eigenvalue weighted by molar-refractivity contribution is 0.0956. The highest BCUT2D eigenvalue weighted by Crippen LogP contribution is 2.34. The number of nitrogens with one attached hydrogen (secondary N) is 1. The van der Waals surface area contributed by atoms with Gasteiger partial charge >= 0.3 is 0 Å². The first-order valence-electron chi connectivity index (χ1n) is 10.4. The van der Waals surface area contributed by atoms with Gasteiger partial charge < -0.3 is 15.0 Å². The lowest BCUT2D eigenvalue weighted by Crippen LogP contribution is -2.37. The van der Waals surface area contributed by atoms with Gasteiger partial charge in [-0.15, -0.1) is 11.3 Å². The van der Waals surface area contributed by atoms with Gasteiger partial charge in [0.1, 0.15) is 22.7 Å². The number of hydrogen-bond acceptors (Lipinski definition) is 9. The van der Waals surface area contributed by atoms with Crippen LogP contribution in [0.15, 0.2) is 48.4 Å². The van der Waals surface area contributed by atoms with Crippen LogP contribution in [0, 0.1) is 0 Å².